The topological polar surface area (TPSA) is 17.0 Å². The van der Waals surface area contributed by atoms with Gasteiger partial charge in [-0.05, 0) is 45.8 Å². The normalized spacial score (nSPS) is 10.9. The molecule has 4 heteroatoms. The lowest BCUT2D eigenvalue weighted by Gasteiger charge is -2.06. The molecule has 1 heterocycles. The minimum atomic E-state index is -0.257. The predicted octanol–water partition coefficient (Wildman–Crippen LogP) is 4.69. The van der Waals surface area contributed by atoms with Crippen molar-refractivity contribution < 1.29 is 4.39 Å². The summed E-state index contributed by atoms with van der Waals surface area (Å²) in [4.78, 5) is 0. The van der Waals surface area contributed by atoms with Crippen LogP contribution in [0.4, 0.5) is 10.1 Å². The number of rotatable bonds is 3. The Labute approximate surface area is 125 Å². The molecule has 0 spiro atoms. The van der Waals surface area contributed by atoms with Gasteiger partial charge in [0.1, 0.15) is 5.82 Å². The number of halogens is 2. The van der Waals surface area contributed by atoms with E-state index in [1.807, 2.05) is 25.2 Å². The Hall–Kier alpha value is -1.81. The molecule has 3 aromatic rings. The van der Waals surface area contributed by atoms with Crippen LogP contribution in [0.2, 0.25) is 0 Å². The number of fused-ring (bicyclic) bond motifs is 1. The van der Waals surface area contributed by atoms with Crippen molar-refractivity contribution >= 4 is 32.5 Å². The first kappa shape index (κ1) is 13.2. The first-order valence-corrected chi connectivity index (χ1v) is 7.16. The maximum Gasteiger partial charge on any atom is 0.139 e. The second kappa shape index (κ2) is 5.29. The van der Waals surface area contributed by atoms with E-state index >= 15 is 0 Å². The summed E-state index contributed by atoms with van der Waals surface area (Å²) in [5.41, 5.74) is 3.18. The summed E-state index contributed by atoms with van der Waals surface area (Å²) in [7, 11) is 2.03. The highest BCUT2D eigenvalue weighted by Crippen LogP contribution is 2.23. The van der Waals surface area contributed by atoms with Gasteiger partial charge in [0.15, 0.2) is 0 Å². The van der Waals surface area contributed by atoms with Crippen LogP contribution in [0.1, 0.15) is 5.56 Å². The number of benzene rings is 2. The largest absolute Gasteiger partial charge is 0.381 e. The Morgan fingerprint density at radius 1 is 1.20 bits per heavy atom. The van der Waals surface area contributed by atoms with Gasteiger partial charge in [0.05, 0.1) is 4.47 Å². The molecule has 2 aromatic carbocycles. The molecule has 0 unspecified atom stereocenters. The Morgan fingerprint density at radius 2 is 2.00 bits per heavy atom. The molecule has 0 aliphatic rings. The number of anilines is 1. The number of aryl methyl sites for hydroxylation is 1. The number of hydrogen-bond donors (Lipinski definition) is 1. The monoisotopic (exact) mass is 332 g/mol. The second-order valence-electron chi connectivity index (χ2n) is 4.76. The van der Waals surface area contributed by atoms with Crippen LogP contribution in [0.5, 0.6) is 0 Å². The summed E-state index contributed by atoms with van der Waals surface area (Å²) < 4.78 is 16.1. The van der Waals surface area contributed by atoms with Gasteiger partial charge in [0.25, 0.3) is 0 Å². The maximum absolute atomic E-state index is 13.5. The van der Waals surface area contributed by atoms with Crippen molar-refractivity contribution in [2.45, 2.75) is 6.54 Å². The van der Waals surface area contributed by atoms with E-state index < -0.39 is 0 Å². The zero-order valence-electron chi connectivity index (χ0n) is 11.0. The molecule has 0 saturated carbocycles. The van der Waals surface area contributed by atoms with Crippen LogP contribution in [-0.4, -0.2) is 4.57 Å². The van der Waals surface area contributed by atoms with Crippen LogP contribution in [0, 0.1) is 5.82 Å². The van der Waals surface area contributed by atoms with Crippen molar-refractivity contribution in [3.63, 3.8) is 0 Å². The maximum atomic E-state index is 13.5. The summed E-state index contributed by atoms with van der Waals surface area (Å²) in [5.74, 6) is -0.257. The SMILES string of the molecule is Cn1cc(CNc2ccc(Br)c(F)c2)c2ccccc21. The molecule has 3 rings (SSSR count). The quantitative estimate of drug-likeness (QED) is 0.736. The molecule has 20 heavy (non-hydrogen) atoms. The van der Waals surface area contributed by atoms with E-state index in [0.29, 0.717) is 11.0 Å². The first-order chi connectivity index (χ1) is 9.65. The van der Waals surface area contributed by atoms with E-state index in [2.05, 4.69) is 44.1 Å². The minimum absolute atomic E-state index is 0.257. The van der Waals surface area contributed by atoms with Crippen molar-refractivity contribution in [1.82, 2.24) is 4.57 Å². The van der Waals surface area contributed by atoms with Crippen LogP contribution < -0.4 is 5.32 Å². The lowest BCUT2D eigenvalue weighted by atomic mass is 10.2. The van der Waals surface area contributed by atoms with E-state index in [-0.39, 0.29) is 5.82 Å². The zero-order chi connectivity index (χ0) is 14.1. The van der Waals surface area contributed by atoms with Gasteiger partial charge < -0.3 is 9.88 Å². The van der Waals surface area contributed by atoms with E-state index in [9.17, 15) is 4.39 Å². The Balaban J connectivity index is 1.85. The van der Waals surface area contributed by atoms with Gasteiger partial charge in [0.2, 0.25) is 0 Å². The predicted molar refractivity (Wildman–Crippen MR) is 84.3 cm³/mol. The summed E-state index contributed by atoms with van der Waals surface area (Å²) in [6.45, 7) is 0.669. The van der Waals surface area contributed by atoms with Crippen LogP contribution >= 0.6 is 15.9 Å². The first-order valence-electron chi connectivity index (χ1n) is 6.37. The highest BCUT2D eigenvalue weighted by atomic mass is 79.9. The molecule has 0 amide bonds. The van der Waals surface area contributed by atoms with Crippen LogP contribution in [0.15, 0.2) is 53.1 Å². The van der Waals surface area contributed by atoms with E-state index in [1.54, 1.807) is 6.07 Å². The molecule has 102 valence electrons. The number of hydrogen-bond acceptors (Lipinski definition) is 1. The number of para-hydroxylation sites is 1. The molecule has 0 aliphatic heterocycles. The van der Waals surface area contributed by atoms with Crippen molar-refractivity contribution in [3.8, 4) is 0 Å². The fraction of sp³-hybridized carbons (Fsp3) is 0.125. The fourth-order valence-electron chi connectivity index (χ4n) is 2.37. The van der Waals surface area contributed by atoms with E-state index in [1.165, 1.54) is 22.5 Å². The van der Waals surface area contributed by atoms with Crippen molar-refractivity contribution in [2.24, 2.45) is 7.05 Å². The van der Waals surface area contributed by atoms with Crippen molar-refractivity contribution in [2.75, 3.05) is 5.32 Å². The third-order valence-electron chi connectivity index (χ3n) is 3.38. The van der Waals surface area contributed by atoms with E-state index in [4.69, 9.17) is 0 Å². The molecule has 1 aromatic heterocycles. The van der Waals surface area contributed by atoms with Crippen molar-refractivity contribution in [1.29, 1.82) is 0 Å². The highest BCUT2D eigenvalue weighted by molar-refractivity contribution is 9.10. The summed E-state index contributed by atoms with van der Waals surface area (Å²) in [6.07, 6.45) is 2.10. The van der Waals surface area contributed by atoms with Crippen LogP contribution in [0.3, 0.4) is 0 Å². The number of nitrogens with zero attached hydrogens (tertiary/aromatic N) is 1. The van der Waals surface area contributed by atoms with Gasteiger partial charge in [-0.1, -0.05) is 18.2 Å². The van der Waals surface area contributed by atoms with Gasteiger partial charge in [-0.15, -0.1) is 0 Å². The minimum Gasteiger partial charge on any atom is -0.381 e. The molecule has 1 N–H and O–H groups in total. The third-order valence-corrected chi connectivity index (χ3v) is 4.03. The average Bonchev–Trinajstić information content (AvgIpc) is 2.78. The van der Waals surface area contributed by atoms with Gasteiger partial charge in [-0.2, -0.15) is 0 Å². The summed E-state index contributed by atoms with van der Waals surface area (Å²) >= 11 is 3.16. The lowest BCUT2D eigenvalue weighted by Crippen LogP contribution is -1.99. The Bertz CT molecular complexity index is 764. The molecule has 2 nitrogen and oxygen atoms in total. The highest BCUT2D eigenvalue weighted by Gasteiger charge is 2.06. The molecule has 0 bridgehead atoms. The third kappa shape index (κ3) is 2.43. The fourth-order valence-corrected chi connectivity index (χ4v) is 2.62. The summed E-state index contributed by atoms with van der Waals surface area (Å²) in [5, 5.41) is 4.48. The molecule has 0 aliphatic carbocycles. The second-order valence-corrected chi connectivity index (χ2v) is 5.62. The molecular weight excluding hydrogens is 319 g/mol. The molecular formula is C16H14BrFN2. The van der Waals surface area contributed by atoms with Crippen LogP contribution in [-0.2, 0) is 13.6 Å². The van der Waals surface area contributed by atoms with Gasteiger partial charge in [0, 0.05) is 36.4 Å². The van der Waals surface area contributed by atoms with Gasteiger partial charge >= 0.3 is 0 Å². The number of aromatic nitrogens is 1. The van der Waals surface area contributed by atoms with E-state index in [0.717, 1.165) is 5.69 Å². The lowest BCUT2D eigenvalue weighted by molar-refractivity contribution is 0.621. The zero-order valence-corrected chi connectivity index (χ0v) is 12.6. The smallest absolute Gasteiger partial charge is 0.139 e. The van der Waals surface area contributed by atoms with Crippen molar-refractivity contribution in [3.05, 3.63) is 64.5 Å². The van der Waals surface area contributed by atoms with Gasteiger partial charge in [-0.3, -0.25) is 0 Å². The molecule has 0 radical (unpaired) electrons. The average molecular weight is 333 g/mol. The summed E-state index contributed by atoms with van der Waals surface area (Å²) in [6, 6.07) is 13.3. The molecule has 0 fully saturated rings. The Kier molecular flexibility index (Phi) is 3.49. The standard InChI is InChI=1S/C16H14BrFN2/c1-20-10-11(13-4-2-3-5-16(13)20)9-19-12-6-7-14(17)15(18)8-12/h2-8,10,19H,9H2,1H3. The van der Waals surface area contributed by atoms with Gasteiger partial charge in [-0.25, -0.2) is 4.39 Å². The molecule has 0 atom stereocenters. The number of nitrogens with one attached hydrogen (secondary N) is 1. The Morgan fingerprint density at radius 3 is 2.80 bits per heavy atom. The van der Waals surface area contributed by atoms with Crippen LogP contribution in [0.25, 0.3) is 10.9 Å². The molecule has 0 saturated heterocycles.